The van der Waals surface area contributed by atoms with E-state index in [0.29, 0.717) is 0 Å². The molecule has 1 aromatic heterocycles. The molecule has 0 saturated heterocycles. The van der Waals surface area contributed by atoms with Crippen LogP contribution in [0.2, 0.25) is 0 Å². The van der Waals surface area contributed by atoms with Gasteiger partial charge in [-0.3, -0.25) is 4.68 Å². The van der Waals surface area contributed by atoms with E-state index in [1.807, 2.05) is 25.6 Å². The Balaban J connectivity index is 1.78. The third-order valence-corrected chi connectivity index (χ3v) is 5.58. The summed E-state index contributed by atoms with van der Waals surface area (Å²) in [6.07, 6.45) is 4.34. The van der Waals surface area contributed by atoms with Gasteiger partial charge in [0.25, 0.3) is 0 Å². The van der Waals surface area contributed by atoms with Crippen molar-refractivity contribution in [1.82, 2.24) is 20.4 Å². The molecule has 0 bridgehead atoms. The van der Waals surface area contributed by atoms with Crippen molar-refractivity contribution in [2.45, 2.75) is 32.7 Å². The average molecular weight is 379 g/mol. The summed E-state index contributed by atoms with van der Waals surface area (Å²) in [6, 6.07) is 9.10. The zero-order valence-electron chi connectivity index (χ0n) is 17.0. The van der Waals surface area contributed by atoms with Gasteiger partial charge in [0.2, 0.25) is 0 Å². The smallest absolute Gasteiger partial charge is 0.124 e. The standard InChI is InChI=1S/C22H30N6/c1-14-12-21(28(3)27-14)26-20-8-11-25-22(15(2)23)18-5-4-17(13-19(18)20)16-6-9-24-10-7-16/h4-6,12-13,20,24-26H,7-11,23H2,1-3H3/b22-15-. The maximum atomic E-state index is 6.22. The Kier molecular flexibility index (Phi) is 5.13. The molecule has 0 amide bonds. The number of hydrogen-bond acceptors (Lipinski definition) is 5. The van der Waals surface area contributed by atoms with Crippen LogP contribution in [0.5, 0.6) is 0 Å². The Labute approximate surface area is 166 Å². The van der Waals surface area contributed by atoms with Crippen molar-refractivity contribution < 1.29 is 0 Å². The molecule has 28 heavy (non-hydrogen) atoms. The molecule has 6 nitrogen and oxygen atoms in total. The number of hydrogen-bond donors (Lipinski definition) is 4. The molecule has 0 aliphatic carbocycles. The van der Waals surface area contributed by atoms with Gasteiger partial charge >= 0.3 is 0 Å². The number of rotatable bonds is 3. The van der Waals surface area contributed by atoms with Gasteiger partial charge in [0, 0.05) is 37.5 Å². The van der Waals surface area contributed by atoms with E-state index in [1.165, 1.54) is 22.3 Å². The van der Waals surface area contributed by atoms with Gasteiger partial charge in [-0.15, -0.1) is 0 Å². The highest BCUT2D eigenvalue weighted by Gasteiger charge is 2.24. The largest absolute Gasteiger partial charge is 0.401 e. The summed E-state index contributed by atoms with van der Waals surface area (Å²) in [7, 11) is 1.98. The van der Waals surface area contributed by atoms with Crippen LogP contribution in [0.1, 0.15) is 48.2 Å². The van der Waals surface area contributed by atoms with Gasteiger partial charge in [0.05, 0.1) is 17.4 Å². The number of nitrogens with one attached hydrogen (secondary N) is 3. The zero-order valence-corrected chi connectivity index (χ0v) is 17.0. The SMILES string of the molecule is C/C(N)=C1/NCCC(Nc2cc(C)nn2C)c2cc(C3=CCNCC3)ccc21. The van der Waals surface area contributed by atoms with E-state index < -0.39 is 0 Å². The van der Waals surface area contributed by atoms with Crippen molar-refractivity contribution >= 4 is 17.1 Å². The number of aryl methyl sites for hydroxylation is 2. The minimum Gasteiger partial charge on any atom is -0.401 e. The summed E-state index contributed by atoms with van der Waals surface area (Å²) < 4.78 is 1.91. The molecule has 2 aliphatic heterocycles. The van der Waals surface area contributed by atoms with Crippen LogP contribution in [0.25, 0.3) is 11.3 Å². The molecular weight excluding hydrogens is 348 g/mol. The molecule has 0 fully saturated rings. The lowest BCUT2D eigenvalue weighted by Gasteiger charge is -2.22. The van der Waals surface area contributed by atoms with Crippen LogP contribution >= 0.6 is 0 Å². The van der Waals surface area contributed by atoms with E-state index in [2.05, 4.69) is 51.4 Å². The fourth-order valence-electron chi connectivity index (χ4n) is 4.18. The van der Waals surface area contributed by atoms with Crippen LogP contribution < -0.4 is 21.7 Å². The molecule has 3 heterocycles. The Hall–Kier alpha value is -2.73. The van der Waals surface area contributed by atoms with Crippen LogP contribution in [0.15, 0.2) is 36.0 Å². The molecule has 1 atom stereocenters. The predicted molar refractivity (Wildman–Crippen MR) is 116 cm³/mol. The van der Waals surface area contributed by atoms with E-state index >= 15 is 0 Å². The van der Waals surface area contributed by atoms with Gasteiger partial charge in [0.1, 0.15) is 5.82 Å². The molecule has 1 unspecified atom stereocenters. The molecular formula is C22H30N6. The summed E-state index contributed by atoms with van der Waals surface area (Å²) in [5.41, 5.74) is 14.3. The first-order valence-corrected chi connectivity index (χ1v) is 10.0. The highest BCUT2D eigenvalue weighted by Crippen LogP contribution is 2.35. The molecule has 0 saturated carbocycles. The lowest BCUT2D eigenvalue weighted by Crippen LogP contribution is -2.20. The number of fused-ring (bicyclic) bond motifs is 1. The van der Waals surface area contributed by atoms with Gasteiger partial charge in [-0.25, -0.2) is 0 Å². The zero-order chi connectivity index (χ0) is 19.7. The van der Waals surface area contributed by atoms with E-state index in [9.17, 15) is 0 Å². The minimum absolute atomic E-state index is 0.191. The second-order valence-corrected chi connectivity index (χ2v) is 7.75. The molecule has 1 aromatic carbocycles. The van der Waals surface area contributed by atoms with Gasteiger partial charge in [-0.1, -0.05) is 18.2 Å². The summed E-state index contributed by atoms with van der Waals surface area (Å²) in [5, 5.41) is 15.1. The van der Waals surface area contributed by atoms with Gasteiger partial charge in [0.15, 0.2) is 0 Å². The van der Waals surface area contributed by atoms with Crippen LogP contribution in [0.4, 0.5) is 5.82 Å². The summed E-state index contributed by atoms with van der Waals surface area (Å²) in [5.74, 6) is 1.04. The van der Waals surface area contributed by atoms with Crippen LogP contribution in [-0.4, -0.2) is 29.4 Å². The second-order valence-electron chi connectivity index (χ2n) is 7.75. The summed E-state index contributed by atoms with van der Waals surface area (Å²) in [4.78, 5) is 0. The first-order valence-electron chi connectivity index (χ1n) is 10.0. The third-order valence-electron chi connectivity index (χ3n) is 5.58. The predicted octanol–water partition coefficient (Wildman–Crippen LogP) is 2.90. The lowest BCUT2D eigenvalue weighted by atomic mass is 9.91. The first kappa shape index (κ1) is 18.6. The van der Waals surface area contributed by atoms with Crippen molar-refractivity contribution in [3.05, 3.63) is 58.4 Å². The maximum absolute atomic E-state index is 6.22. The van der Waals surface area contributed by atoms with E-state index in [0.717, 1.165) is 55.4 Å². The summed E-state index contributed by atoms with van der Waals surface area (Å²) >= 11 is 0. The molecule has 6 heteroatoms. The topological polar surface area (TPSA) is 79.9 Å². The quantitative estimate of drug-likeness (QED) is 0.660. The normalized spacial score (nSPS) is 21.2. The molecule has 2 aliphatic rings. The van der Waals surface area contributed by atoms with Crippen LogP contribution in [0, 0.1) is 6.92 Å². The fourth-order valence-corrected chi connectivity index (χ4v) is 4.18. The number of aromatic nitrogens is 2. The van der Waals surface area contributed by atoms with Gasteiger partial charge in [-0.05, 0) is 56.0 Å². The van der Waals surface area contributed by atoms with E-state index in [1.54, 1.807) is 0 Å². The van der Waals surface area contributed by atoms with Crippen molar-refractivity contribution in [3.8, 4) is 0 Å². The Morgan fingerprint density at radius 2 is 2.14 bits per heavy atom. The number of anilines is 1. The molecule has 0 radical (unpaired) electrons. The molecule has 148 valence electrons. The van der Waals surface area contributed by atoms with E-state index in [-0.39, 0.29) is 6.04 Å². The van der Waals surface area contributed by atoms with E-state index in [4.69, 9.17) is 5.73 Å². The second kappa shape index (κ2) is 7.72. The Morgan fingerprint density at radius 1 is 1.29 bits per heavy atom. The molecule has 2 aromatic rings. The number of benzene rings is 1. The van der Waals surface area contributed by atoms with Crippen molar-refractivity contribution in [2.24, 2.45) is 12.8 Å². The summed E-state index contributed by atoms with van der Waals surface area (Å²) in [6.45, 7) is 6.83. The highest BCUT2D eigenvalue weighted by atomic mass is 15.3. The van der Waals surface area contributed by atoms with Crippen molar-refractivity contribution in [1.29, 1.82) is 0 Å². The number of nitrogens with zero attached hydrogens (tertiary/aromatic N) is 2. The maximum Gasteiger partial charge on any atom is 0.124 e. The lowest BCUT2D eigenvalue weighted by molar-refractivity contribution is 0.664. The number of nitrogens with two attached hydrogens (primary N) is 1. The van der Waals surface area contributed by atoms with Gasteiger partial charge < -0.3 is 21.7 Å². The molecule has 4 rings (SSSR count). The Morgan fingerprint density at radius 3 is 2.82 bits per heavy atom. The number of allylic oxidation sites excluding steroid dienone is 1. The fraction of sp³-hybridized carbons (Fsp3) is 0.409. The van der Waals surface area contributed by atoms with Crippen LogP contribution in [-0.2, 0) is 7.05 Å². The third kappa shape index (κ3) is 3.64. The molecule has 0 spiro atoms. The first-order chi connectivity index (χ1) is 13.5. The van der Waals surface area contributed by atoms with Crippen LogP contribution in [0.3, 0.4) is 0 Å². The van der Waals surface area contributed by atoms with Crippen molar-refractivity contribution in [2.75, 3.05) is 25.0 Å². The monoisotopic (exact) mass is 378 g/mol. The van der Waals surface area contributed by atoms with Crippen molar-refractivity contribution in [3.63, 3.8) is 0 Å². The average Bonchev–Trinajstić information content (AvgIpc) is 2.90. The highest BCUT2D eigenvalue weighted by molar-refractivity contribution is 5.75. The Bertz CT molecular complexity index is 932. The molecule has 5 N–H and O–H groups in total. The minimum atomic E-state index is 0.191. The van der Waals surface area contributed by atoms with Gasteiger partial charge in [-0.2, -0.15) is 5.10 Å².